The zero-order valence-corrected chi connectivity index (χ0v) is 12.7. The van der Waals surface area contributed by atoms with Crippen LogP contribution in [0.2, 0.25) is 0 Å². The van der Waals surface area contributed by atoms with Crippen molar-refractivity contribution in [2.45, 2.75) is 26.2 Å². The fourth-order valence-electron chi connectivity index (χ4n) is 1.80. The summed E-state index contributed by atoms with van der Waals surface area (Å²) in [6.07, 6.45) is 3.53. The van der Waals surface area contributed by atoms with Crippen LogP contribution in [0.3, 0.4) is 0 Å². The van der Waals surface area contributed by atoms with E-state index in [-0.39, 0.29) is 0 Å². The molecule has 0 fully saturated rings. The van der Waals surface area contributed by atoms with Crippen LogP contribution >= 0.6 is 12.2 Å². The molecule has 0 aliphatic carbocycles. The zero-order valence-electron chi connectivity index (χ0n) is 11.9. The number of nitrogens with zero attached hydrogens (tertiary/aromatic N) is 1. The fourth-order valence-corrected chi connectivity index (χ4v) is 1.93. The molecule has 0 heterocycles. The number of benzene rings is 1. The van der Waals surface area contributed by atoms with Gasteiger partial charge in [0.25, 0.3) is 0 Å². The fraction of sp³-hybridized carbons (Fsp3) is 0.533. The Bertz CT molecular complexity index is 395. The Balaban J connectivity index is 2.25. The second-order valence-corrected chi connectivity index (χ2v) is 5.19. The average molecular weight is 280 g/mol. The van der Waals surface area contributed by atoms with E-state index in [0.29, 0.717) is 4.99 Å². The van der Waals surface area contributed by atoms with Crippen molar-refractivity contribution >= 4 is 17.2 Å². The predicted octanol–water partition coefficient (Wildman–Crippen LogP) is 2.82. The van der Waals surface area contributed by atoms with Crippen molar-refractivity contribution in [3.63, 3.8) is 0 Å². The van der Waals surface area contributed by atoms with Crippen LogP contribution in [0, 0.1) is 0 Å². The molecular formula is C15H24N2OS. The van der Waals surface area contributed by atoms with Crippen molar-refractivity contribution < 1.29 is 4.74 Å². The van der Waals surface area contributed by atoms with Crippen molar-refractivity contribution in [2.75, 3.05) is 26.7 Å². The van der Waals surface area contributed by atoms with Crippen LogP contribution in [0.1, 0.15) is 31.7 Å². The van der Waals surface area contributed by atoms with Gasteiger partial charge in [-0.3, -0.25) is 0 Å². The summed E-state index contributed by atoms with van der Waals surface area (Å²) in [5.41, 5.74) is 6.45. The molecule has 106 valence electrons. The Labute approximate surface area is 121 Å². The number of nitrogens with two attached hydrogens (primary N) is 1. The van der Waals surface area contributed by atoms with Gasteiger partial charge in [-0.15, -0.1) is 0 Å². The first-order valence-corrected chi connectivity index (χ1v) is 7.25. The maximum atomic E-state index is 5.71. The molecule has 4 heteroatoms. The summed E-state index contributed by atoms with van der Waals surface area (Å²) in [5, 5.41) is 0. The van der Waals surface area contributed by atoms with Crippen molar-refractivity contribution in [1.29, 1.82) is 0 Å². The Morgan fingerprint density at radius 3 is 2.74 bits per heavy atom. The van der Waals surface area contributed by atoms with Gasteiger partial charge in [-0.25, -0.2) is 0 Å². The van der Waals surface area contributed by atoms with Crippen LogP contribution in [-0.2, 0) is 0 Å². The van der Waals surface area contributed by atoms with E-state index in [2.05, 4.69) is 18.9 Å². The summed E-state index contributed by atoms with van der Waals surface area (Å²) in [6.45, 7) is 5.16. The van der Waals surface area contributed by atoms with Crippen molar-refractivity contribution in [3.8, 4) is 5.75 Å². The average Bonchev–Trinajstić information content (AvgIpc) is 2.41. The van der Waals surface area contributed by atoms with Gasteiger partial charge < -0.3 is 15.4 Å². The van der Waals surface area contributed by atoms with Crippen molar-refractivity contribution in [1.82, 2.24) is 4.90 Å². The molecule has 1 rings (SSSR count). The van der Waals surface area contributed by atoms with Gasteiger partial charge in [0.1, 0.15) is 10.7 Å². The predicted molar refractivity (Wildman–Crippen MR) is 84.8 cm³/mol. The molecule has 0 saturated heterocycles. The van der Waals surface area contributed by atoms with Gasteiger partial charge in [-0.2, -0.15) is 0 Å². The van der Waals surface area contributed by atoms with E-state index in [0.717, 1.165) is 37.4 Å². The molecule has 19 heavy (non-hydrogen) atoms. The lowest BCUT2D eigenvalue weighted by Gasteiger charge is -2.16. The Morgan fingerprint density at radius 1 is 1.32 bits per heavy atom. The summed E-state index contributed by atoms with van der Waals surface area (Å²) >= 11 is 4.95. The van der Waals surface area contributed by atoms with Gasteiger partial charge in [-0.1, -0.05) is 37.7 Å². The second kappa shape index (κ2) is 8.88. The van der Waals surface area contributed by atoms with Crippen LogP contribution in [0.25, 0.3) is 0 Å². The number of unbranched alkanes of at least 4 members (excludes halogenated alkanes) is 1. The second-order valence-electron chi connectivity index (χ2n) is 4.75. The monoisotopic (exact) mass is 280 g/mol. The molecule has 0 amide bonds. The van der Waals surface area contributed by atoms with Gasteiger partial charge in [0.05, 0.1) is 6.61 Å². The Morgan fingerprint density at radius 2 is 2.05 bits per heavy atom. The van der Waals surface area contributed by atoms with E-state index in [9.17, 15) is 0 Å². The highest BCUT2D eigenvalue weighted by molar-refractivity contribution is 7.80. The minimum atomic E-state index is 0.407. The zero-order chi connectivity index (χ0) is 14.1. The summed E-state index contributed by atoms with van der Waals surface area (Å²) in [5.74, 6) is 0.835. The lowest BCUT2D eigenvalue weighted by atomic mass is 10.2. The molecule has 1 aromatic rings. The number of hydrogen-bond donors (Lipinski definition) is 1. The molecule has 0 bridgehead atoms. The molecule has 3 nitrogen and oxygen atoms in total. The van der Waals surface area contributed by atoms with E-state index >= 15 is 0 Å². The molecule has 0 saturated carbocycles. The van der Waals surface area contributed by atoms with Gasteiger partial charge >= 0.3 is 0 Å². The molecular weight excluding hydrogens is 256 g/mol. The smallest absolute Gasteiger partial charge is 0.119 e. The van der Waals surface area contributed by atoms with Gasteiger partial charge in [0.15, 0.2) is 0 Å². The Hall–Kier alpha value is -1.13. The van der Waals surface area contributed by atoms with Gasteiger partial charge in [0, 0.05) is 12.1 Å². The van der Waals surface area contributed by atoms with E-state index in [1.165, 1.54) is 12.8 Å². The molecule has 2 N–H and O–H groups in total. The third-order valence-corrected chi connectivity index (χ3v) is 3.20. The molecule has 0 aromatic heterocycles. The lowest BCUT2D eigenvalue weighted by molar-refractivity contribution is 0.261. The first kappa shape index (κ1) is 15.9. The number of thiocarbonyl (C=S) groups is 1. The summed E-state index contributed by atoms with van der Waals surface area (Å²) in [7, 11) is 2.16. The maximum absolute atomic E-state index is 5.71. The van der Waals surface area contributed by atoms with Crippen LogP contribution in [-0.4, -0.2) is 36.6 Å². The first-order valence-electron chi connectivity index (χ1n) is 6.84. The lowest BCUT2D eigenvalue weighted by Crippen LogP contribution is -2.22. The van der Waals surface area contributed by atoms with Crippen LogP contribution in [0.5, 0.6) is 5.75 Å². The van der Waals surface area contributed by atoms with E-state index in [1.807, 2.05) is 24.3 Å². The highest BCUT2D eigenvalue weighted by Crippen LogP contribution is 2.13. The topological polar surface area (TPSA) is 38.5 Å². The minimum Gasteiger partial charge on any atom is -0.494 e. The molecule has 0 atom stereocenters. The van der Waals surface area contributed by atoms with Gasteiger partial charge in [0.2, 0.25) is 0 Å². The number of rotatable bonds is 9. The van der Waals surface area contributed by atoms with Crippen molar-refractivity contribution in [2.24, 2.45) is 5.73 Å². The van der Waals surface area contributed by atoms with E-state index in [4.69, 9.17) is 22.7 Å². The summed E-state index contributed by atoms with van der Waals surface area (Å²) in [6, 6.07) is 7.64. The minimum absolute atomic E-state index is 0.407. The molecule has 1 aromatic carbocycles. The molecule has 0 spiro atoms. The normalized spacial score (nSPS) is 10.7. The first-order chi connectivity index (χ1) is 9.13. The third kappa shape index (κ3) is 6.55. The van der Waals surface area contributed by atoms with Crippen LogP contribution < -0.4 is 10.5 Å². The highest BCUT2D eigenvalue weighted by Gasteiger charge is 2.00. The van der Waals surface area contributed by atoms with Gasteiger partial charge in [-0.05, 0) is 38.6 Å². The SMILES string of the molecule is CCCCN(C)CCCOc1cccc(C(N)=S)c1. The Kier molecular flexibility index (Phi) is 7.45. The molecule has 0 unspecified atom stereocenters. The third-order valence-electron chi connectivity index (χ3n) is 2.96. The summed E-state index contributed by atoms with van der Waals surface area (Å²) < 4.78 is 5.71. The molecule has 0 aliphatic rings. The summed E-state index contributed by atoms with van der Waals surface area (Å²) in [4.78, 5) is 2.75. The van der Waals surface area contributed by atoms with E-state index < -0.39 is 0 Å². The van der Waals surface area contributed by atoms with Crippen LogP contribution in [0.15, 0.2) is 24.3 Å². The largest absolute Gasteiger partial charge is 0.494 e. The molecule has 0 radical (unpaired) electrons. The number of ether oxygens (including phenoxy) is 1. The van der Waals surface area contributed by atoms with E-state index in [1.54, 1.807) is 0 Å². The highest BCUT2D eigenvalue weighted by atomic mass is 32.1. The standard InChI is InChI=1S/C15H24N2OS/c1-3-4-9-17(2)10-6-11-18-14-8-5-7-13(12-14)15(16)19/h5,7-8,12H,3-4,6,9-11H2,1-2H3,(H2,16,19). The van der Waals surface area contributed by atoms with Crippen molar-refractivity contribution in [3.05, 3.63) is 29.8 Å². The molecule has 0 aliphatic heterocycles. The maximum Gasteiger partial charge on any atom is 0.119 e. The van der Waals surface area contributed by atoms with Crippen LogP contribution in [0.4, 0.5) is 0 Å². The number of hydrogen-bond acceptors (Lipinski definition) is 3. The quantitative estimate of drug-likeness (QED) is 0.557.